The molecule has 0 spiro atoms. The Labute approximate surface area is 100.0 Å². The molecule has 0 aliphatic carbocycles. The quantitative estimate of drug-likeness (QED) is 0.859. The molecule has 86 valence electrons. The molecular weight excluding hydrogens is 242 g/mol. The smallest absolute Gasteiger partial charge is 0.355 e. The van der Waals surface area contributed by atoms with E-state index in [1.165, 1.54) is 11.6 Å². The van der Waals surface area contributed by atoms with Crippen molar-refractivity contribution < 1.29 is 14.7 Å². The number of carboxylic acids is 1. The zero-order valence-electron chi connectivity index (χ0n) is 8.45. The van der Waals surface area contributed by atoms with E-state index in [1.54, 1.807) is 18.3 Å². The summed E-state index contributed by atoms with van der Waals surface area (Å²) in [5, 5.41) is 12.7. The van der Waals surface area contributed by atoms with Crippen LogP contribution >= 0.6 is 11.3 Å². The van der Waals surface area contributed by atoms with Crippen molar-refractivity contribution in [2.75, 3.05) is 5.32 Å². The number of rotatable bonds is 3. The maximum atomic E-state index is 11.7. The van der Waals surface area contributed by atoms with E-state index < -0.39 is 11.9 Å². The number of anilines is 1. The van der Waals surface area contributed by atoms with Crippen LogP contribution in [0, 0.1) is 0 Å². The zero-order chi connectivity index (χ0) is 12.3. The molecule has 0 unspecified atom stereocenters. The minimum Gasteiger partial charge on any atom is -0.476 e. The lowest BCUT2D eigenvalue weighted by molar-refractivity contribution is 0.0691. The number of carbonyl (C=O) groups is 2. The number of hydrogen-bond donors (Lipinski definition) is 2. The summed E-state index contributed by atoms with van der Waals surface area (Å²) in [6.07, 6.45) is 3.07. The van der Waals surface area contributed by atoms with Crippen LogP contribution in [-0.4, -0.2) is 27.0 Å². The van der Waals surface area contributed by atoms with Crippen LogP contribution in [0.25, 0.3) is 0 Å². The summed E-state index contributed by atoms with van der Waals surface area (Å²) in [7, 11) is 0. The summed E-state index contributed by atoms with van der Waals surface area (Å²) in [5.74, 6) is -1.60. The molecule has 0 atom stereocenters. The Bertz CT molecular complexity index is 553. The van der Waals surface area contributed by atoms with Crippen molar-refractivity contribution in [3.8, 4) is 0 Å². The number of aromatic carboxylic acids is 1. The molecule has 2 aromatic rings. The number of carboxylic acid groups (broad SMARTS) is 1. The standard InChI is InChI=1S/C10H7N3O3S/c14-8(12-6-2-1-3-11-4-6)9-13-7(5-17-9)10(15)16/h1-5H,(H,12,14)(H,15,16). The largest absolute Gasteiger partial charge is 0.476 e. The van der Waals surface area contributed by atoms with Gasteiger partial charge in [-0.2, -0.15) is 0 Å². The molecule has 0 aliphatic rings. The summed E-state index contributed by atoms with van der Waals surface area (Å²) in [5.41, 5.74) is 0.399. The van der Waals surface area contributed by atoms with Crippen molar-refractivity contribution in [3.05, 3.63) is 40.6 Å². The Hall–Kier alpha value is -2.28. The number of pyridine rings is 1. The number of nitrogens with zero attached hydrogens (tertiary/aromatic N) is 2. The average Bonchev–Trinajstić information content (AvgIpc) is 2.79. The van der Waals surface area contributed by atoms with Crippen LogP contribution < -0.4 is 5.32 Å². The number of aromatic nitrogens is 2. The molecule has 7 heteroatoms. The van der Waals surface area contributed by atoms with Crippen molar-refractivity contribution in [3.63, 3.8) is 0 Å². The van der Waals surface area contributed by atoms with E-state index >= 15 is 0 Å². The van der Waals surface area contributed by atoms with Gasteiger partial charge in [-0.15, -0.1) is 11.3 Å². The van der Waals surface area contributed by atoms with Gasteiger partial charge < -0.3 is 10.4 Å². The first kappa shape index (κ1) is 11.2. The first-order valence-corrected chi connectivity index (χ1v) is 5.45. The van der Waals surface area contributed by atoms with Crippen LogP contribution in [0.1, 0.15) is 20.3 Å². The van der Waals surface area contributed by atoms with E-state index in [9.17, 15) is 9.59 Å². The van der Waals surface area contributed by atoms with Gasteiger partial charge in [-0.25, -0.2) is 9.78 Å². The average molecular weight is 249 g/mol. The lowest BCUT2D eigenvalue weighted by Gasteiger charge is -2.00. The van der Waals surface area contributed by atoms with Gasteiger partial charge in [-0.05, 0) is 12.1 Å². The van der Waals surface area contributed by atoms with Gasteiger partial charge in [0.05, 0.1) is 11.9 Å². The predicted molar refractivity (Wildman–Crippen MR) is 61.3 cm³/mol. The lowest BCUT2D eigenvalue weighted by atomic mass is 10.4. The van der Waals surface area contributed by atoms with Crippen LogP contribution in [-0.2, 0) is 0 Å². The van der Waals surface area contributed by atoms with Gasteiger partial charge in [0.1, 0.15) is 0 Å². The predicted octanol–water partition coefficient (Wildman–Crippen LogP) is 1.49. The third-order valence-electron chi connectivity index (χ3n) is 1.84. The van der Waals surface area contributed by atoms with Gasteiger partial charge in [0.25, 0.3) is 5.91 Å². The fraction of sp³-hybridized carbons (Fsp3) is 0. The Kier molecular flexibility index (Phi) is 3.10. The van der Waals surface area contributed by atoms with Crippen LogP contribution in [0.3, 0.4) is 0 Å². The van der Waals surface area contributed by atoms with E-state index in [1.807, 2.05) is 0 Å². The van der Waals surface area contributed by atoms with E-state index in [0.717, 1.165) is 11.3 Å². The first-order chi connectivity index (χ1) is 8.16. The molecule has 0 saturated carbocycles. The van der Waals surface area contributed by atoms with Crippen molar-refractivity contribution in [1.29, 1.82) is 0 Å². The number of nitrogens with one attached hydrogen (secondary N) is 1. The number of amides is 1. The second-order valence-electron chi connectivity index (χ2n) is 3.04. The molecule has 6 nitrogen and oxygen atoms in total. The summed E-state index contributed by atoms with van der Waals surface area (Å²) >= 11 is 0.981. The van der Waals surface area contributed by atoms with Gasteiger partial charge >= 0.3 is 5.97 Å². The Balaban J connectivity index is 2.12. The van der Waals surface area contributed by atoms with Gasteiger partial charge in [-0.1, -0.05) is 0 Å². The summed E-state index contributed by atoms with van der Waals surface area (Å²) < 4.78 is 0. The zero-order valence-corrected chi connectivity index (χ0v) is 9.27. The van der Waals surface area contributed by atoms with E-state index in [4.69, 9.17) is 5.11 Å². The molecule has 0 bridgehead atoms. The molecule has 2 heterocycles. The van der Waals surface area contributed by atoms with Crippen LogP contribution in [0.5, 0.6) is 0 Å². The van der Waals surface area contributed by atoms with Gasteiger partial charge in [-0.3, -0.25) is 9.78 Å². The molecule has 2 N–H and O–H groups in total. The van der Waals surface area contributed by atoms with E-state index in [-0.39, 0.29) is 10.7 Å². The van der Waals surface area contributed by atoms with Crippen molar-refractivity contribution in [2.45, 2.75) is 0 Å². The molecular formula is C10H7N3O3S. The van der Waals surface area contributed by atoms with Crippen LogP contribution in [0.4, 0.5) is 5.69 Å². The lowest BCUT2D eigenvalue weighted by Crippen LogP contribution is -2.12. The normalized spacial score (nSPS) is 9.88. The second-order valence-corrected chi connectivity index (χ2v) is 3.90. The fourth-order valence-corrected chi connectivity index (χ4v) is 1.78. The second kappa shape index (κ2) is 4.71. The molecule has 0 fully saturated rings. The van der Waals surface area contributed by atoms with Crippen molar-refractivity contribution in [1.82, 2.24) is 9.97 Å². The monoisotopic (exact) mass is 249 g/mol. The van der Waals surface area contributed by atoms with Gasteiger partial charge in [0.15, 0.2) is 10.7 Å². The fourth-order valence-electron chi connectivity index (χ4n) is 1.10. The summed E-state index contributed by atoms with van der Waals surface area (Å²) in [6.45, 7) is 0. The van der Waals surface area contributed by atoms with Crippen LogP contribution in [0.15, 0.2) is 29.9 Å². The minimum absolute atomic E-state index is 0.103. The molecule has 2 aromatic heterocycles. The van der Waals surface area contributed by atoms with E-state index in [0.29, 0.717) is 5.69 Å². The molecule has 17 heavy (non-hydrogen) atoms. The minimum atomic E-state index is -1.15. The highest BCUT2D eigenvalue weighted by molar-refractivity contribution is 7.12. The van der Waals surface area contributed by atoms with Gasteiger partial charge in [0, 0.05) is 11.6 Å². The highest BCUT2D eigenvalue weighted by Crippen LogP contribution is 2.12. The Morgan fingerprint density at radius 2 is 2.24 bits per heavy atom. The highest BCUT2D eigenvalue weighted by Gasteiger charge is 2.14. The molecule has 0 aromatic carbocycles. The maximum absolute atomic E-state index is 11.7. The molecule has 0 aliphatic heterocycles. The SMILES string of the molecule is O=C(O)c1csc(C(=O)Nc2cccnc2)n1. The highest BCUT2D eigenvalue weighted by atomic mass is 32.1. The van der Waals surface area contributed by atoms with E-state index in [2.05, 4.69) is 15.3 Å². The third-order valence-corrected chi connectivity index (χ3v) is 2.68. The molecule has 2 rings (SSSR count). The number of carbonyl (C=O) groups excluding carboxylic acids is 1. The molecule has 1 amide bonds. The number of thiazole rings is 1. The van der Waals surface area contributed by atoms with Gasteiger partial charge in [0.2, 0.25) is 0 Å². The molecule has 0 saturated heterocycles. The summed E-state index contributed by atoms with van der Waals surface area (Å²) in [6, 6.07) is 3.36. The van der Waals surface area contributed by atoms with Crippen molar-refractivity contribution >= 4 is 28.9 Å². The first-order valence-electron chi connectivity index (χ1n) is 4.57. The Morgan fingerprint density at radius 1 is 1.41 bits per heavy atom. The maximum Gasteiger partial charge on any atom is 0.355 e. The van der Waals surface area contributed by atoms with Crippen LogP contribution in [0.2, 0.25) is 0 Å². The van der Waals surface area contributed by atoms with Crippen molar-refractivity contribution in [2.24, 2.45) is 0 Å². The Morgan fingerprint density at radius 3 is 2.82 bits per heavy atom. The third kappa shape index (κ3) is 2.64. The topological polar surface area (TPSA) is 92.2 Å². The molecule has 0 radical (unpaired) electrons. The number of hydrogen-bond acceptors (Lipinski definition) is 5. The summed E-state index contributed by atoms with van der Waals surface area (Å²) in [4.78, 5) is 29.8.